The predicted octanol–water partition coefficient (Wildman–Crippen LogP) is 1.19. The van der Waals surface area contributed by atoms with Crippen LogP contribution in [0, 0.1) is 5.41 Å². The van der Waals surface area contributed by atoms with Gasteiger partial charge in [0.25, 0.3) is 0 Å². The number of hydrogen-bond donors (Lipinski definition) is 0. The van der Waals surface area contributed by atoms with E-state index in [9.17, 15) is 9.59 Å². The van der Waals surface area contributed by atoms with Gasteiger partial charge in [0.05, 0.1) is 0 Å². The van der Waals surface area contributed by atoms with Crippen molar-refractivity contribution in [3.63, 3.8) is 0 Å². The fourth-order valence-electron chi connectivity index (χ4n) is 1.80. The second-order valence-corrected chi connectivity index (χ2v) is 4.14. The Labute approximate surface area is 90.5 Å². The van der Waals surface area contributed by atoms with Gasteiger partial charge in [0, 0.05) is 13.1 Å². The Balaban J connectivity index is 3.16. The third-order valence-corrected chi connectivity index (χ3v) is 2.82. The Bertz CT molecular complexity index is 293. The van der Waals surface area contributed by atoms with E-state index in [4.69, 9.17) is 0 Å². The van der Waals surface area contributed by atoms with Crippen molar-refractivity contribution in [2.24, 2.45) is 5.41 Å². The summed E-state index contributed by atoms with van der Waals surface area (Å²) in [7, 11) is 0. The maximum atomic E-state index is 12.0. The molecule has 2 amide bonds. The predicted molar refractivity (Wildman–Crippen MR) is 57.7 cm³/mol. The minimum atomic E-state index is -0.965. The summed E-state index contributed by atoms with van der Waals surface area (Å²) >= 11 is 0. The van der Waals surface area contributed by atoms with Gasteiger partial charge in [0.15, 0.2) is 0 Å². The quantitative estimate of drug-likeness (QED) is 0.642. The highest BCUT2D eigenvalue weighted by Gasteiger charge is 2.47. The van der Waals surface area contributed by atoms with Crippen molar-refractivity contribution in [3.8, 4) is 0 Å². The number of carbonyl (C=O) groups is 2. The molecule has 0 aliphatic carbocycles. The van der Waals surface area contributed by atoms with Crippen molar-refractivity contribution >= 4 is 11.8 Å². The van der Waals surface area contributed by atoms with Gasteiger partial charge in [-0.3, -0.25) is 19.4 Å². The smallest absolute Gasteiger partial charge is 0.243 e. The summed E-state index contributed by atoms with van der Waals surface area (Å²) in [6.07, 6.45) is 0. The van der Waals surface area contributed by atoms with Crippen molar-refractivity contribution < 1.29 is 9.59 Å². The molecule has 0 aromatic heterocycles. The summed E-state index contributed by atoms with van der Waals surface area (Å²) in [6.45, 7) is 12.0. The maximum absolute atomic E-state index is 12.0. The zero-order chi connectivity index (χ0) is 11.8. The Hall–Kier alpha value is -1.32. The van der Waals surface area contributed by atoms with E-state index in [0.29, 0.717) is 18.9 Å². The van der Waals surface area contributed by atoms with E-state index in [1.54, 1.807) is 23.6 Å². The molecule has 1 aliphatic rings. The average Bonchev–Trinajstić information content (AvgIpc) is 2.18. The van der Waals surface area contributed by atoms with Crippen LogP contribution in [0.5, 0.6) is 0 Å². The van der Waals surface area contributed by atoms with Crippen LogP contribution >= 0.6 is 0 Å². The fraction of sp³-hybridized carbons (Fsp3) is 0.636. The van der Waals surface area contributed by atoms with Crippen molar-refractivity contribution in [2.45, 2.75) is 27.7 Å². The summed E-state index contributed by atoms with van der Waals surface area (Å²) < 4.78 is 0. The van der Waals surface area contributed by atoms with Gasteiger partial charge >= 0.3 is 0 Å². The van der Waals surface area contributed by atoms with Crippen LogP contribution in [0.15, 0.2) is 12.4 Å². The van der Waals surface area contributed by atoms with Gasteiger partial charge in [0.1, 0.15) is 11.2 Å². The molecule has 1 fully saturated rings. The van der Waals surface area contributed by atoms with Crippen LogP contribution in [-0.4, -0.2) is 34.7 Å². The van der Waals surface area contributed by atoms with E-state index in [-0.39, 0.29) is 11.8 Å². The van der Waals surface area contributed by atoms with Gasteiger partial charge in [-0.1, -0.05) is 6.58 Å². The lowest BCUT2D eigenvalue weighted by Crippen LogP contribution is -2.58. The molecule has 0 bridgehead atoms. The molecule has 0 unspecified atom stereocenters. The van der Waals surface area contributed by atoms with Crippen LogP contribution in [0.2, 0.25) is 0 Å². The number of nitrogens with zero attached hydrogens (tertiary/aromatic N) is 2. The average molecular weight is 210 g/mol. The van der Waals surface area contributed by atoms with Crippen molar-refractivity contribution in [2.75, 3.05) is 13.1 Å². The van der Waals surface area contributed by atoms with Gasteiger partial charge in [-0.2, -0.15) is 0 Å². The van der Waals surface area contributed by atoms with Gasteiger partial charge in [0.2, 0.25) is 11.8 Å². The Morgan fingerprint density at radius 1 is 1.07 bits per heavy atom. The summed E-state index contributed by atoms with van der Waals surface area (Å²) in [6, 6.07) is 0. The highest BCUT2D eigenvalue weighted by molar-refractivity contribution is 6.07. The minimum absolute atomic E-state index is 0.162. The van der Waals surface area contributed by atoms with E-state index in [1.165, 1.54) is 0 Å². The molecule has 0 radical (unpaired) electrons. The van der Waals surface area contributed by atoms with Crippen LogP contribution in [0.1, 0.15) is 27.7 Å². The maximum Gasteiger partial charge on any atom is 0.243 e. The van der Waals surface area contributed by atoms with Crippen LogP contribution in [0.3, 0.4) is 0 Å². The zero-order valence-corrected chi connectivity index (χ0v) is 9.83. The molecule has 0 N–H and O–H groups in total. The first kappa shape index (κ1) is 11.8. The summed E-state index contributed by atoms with van der Waals surface area (Å²) in [4.78, 5) is 27.1. The Morgan fingerprint density at radius 3 is 1.67 bits per heavy atom. The van der Waals surface area contributed by atoms with E-state index in [0.717, 1.165) is 0 Å². The minimum Gasteiger partial charge on any atom is -0.298 e. The SMILES string of the molecule is C=C1N(CC)C(=O)C(C)(C)C(=O)N1CC. The molecule has 0 atom stereocenters. The first-order valence-corrected chi connectivity index (χ1v) is 5.20. The third-order valence-electron chi connectivity index (χ3n) is 2.82. The first-order valence-electron chi connectivity index (χ1n) is 5.20. The number of amides is 2. The van der Waals surface area contributed by atoms with Gasteiger partial charge in [-0.15, -0.1) is 0 Å². The highest BCUT2D eigenvalue weighted by atomic mass is 16.2. The van der Waals surface area contributed by atoms with E-state index >= 15 is 0 Å². The van der Waals surface area contributed by atoms with Crippen LogP contribution in [0.25, 0.3) is 0 Å². The molecule has 1 aliphatic heterocycles. The topological polar surface area (TPSA) is 40.6 Å². The molecule has 0 saturated carbocycles. The molecule has 0 aromatic rings. The standard InChI is InChI=1S/C11H18N2O2/c1-6-12-8(3)13(7-2)10(15)11(4,5)9(12)14/h3,6-7H2,1-2,4-5H3. The van der Waals surface area contributed by atoms with Crippen molar-refractivity contribution in [3.05, 3.63) is 12.4 Å². The summed E-state index contributed by atoms with van der Waals surface area (Å²) in [5.74, 6) is 0.170. The summed E-state index contributed by atoms with van der Waals surface area (Å²) in [5.41, 5.74) is -0.965. The molecule has 4 nitrogen and oxygen atoms in total. The lowest BCUT2D eigenvalue weighted by Gasteiger charge is -2.43. The normalized spacial score (nSPS) is 21.2. The molecule has 4 heteroatoms. The van der Waals surface area contributed by atoms with Crippen LogP contribution in [0.4, 0.5) is 0 Å². The molecule has 1 saturated heterocycles. The zero-order valence-electron chi connectivity index (χ0n) is 9.83. The lowest BCUT2D eigenvalue weighted by atomic mass is 9.87. The Morgan fingerprint density at radius 2 is 1.40 bits per heavy atom. The van der Waals surface area contributed by atoms with E-state index in [2.05, 4.69) is 6.58 Å². The molecule has 1 rings (SSSR count). The van der Waals surface area contributed by atoms with Gasteiger partial charge in [-0.05, 0) is 27.7 Å². The monoisotopic (exact) mass is 210 g/mol. The molecule has 0 spiro atoms. The second-order valence-electron chi connectivity index (χ2n) is 4.14. The van der Waals surface area contributed by atoms with E-state index < -0.39 is 5.41 Å². The van der Waals surface area contributed by atoms with Gasteiger partial charge < -0.3 is 0 Å². The first-order chi connectivity index (χ1) is 6.87. The number of carbonyl (C=O) groups excluding carboxylic acids is 2. The molecule has 1 heterocycles. The van der Waals surface area contributed by atoms with Crippen molar-refractivity contribution in [1.29, 1.82) is 0 Å². The largest absolute Gasteiger partial charge is 0.298 e. The molecule has 15 heavy (non-hydrogen) atoms. The molecular weight excluding hydrogens is 192 g/mol. The van der Waals surface area contributed by atoms with E-state index in [1.807, 2.05) is 13.8 Å². The third kappa shape index (κ3) is 1.54. The second kappa shape index (κ2) is 3.68. The van der Waals surface area contributed by atoms with Gasteiger partial charge in [-0.25, -0.2) is 0 Å². The molecular formula is C11H18N2O2. The highest BCUT2D eigenvalue weighted by Crippen LogP contribution is 2.31. The lowest BCUT2D eigenvalue weighted by molar-refractivity contribution is -0.159. The summed E-state index contributed by atoms with van der Waals surface area (Å²) in [5, 5.41) is 0. The van der Waals surface area contributed by atoms with Crippen molar-refractivity contribution in [1.82, 2.24) is 9.80 Å². The fourth-order valence-corrected chi connectivity index (χ4v) is 1.80. The number of rotatable bonds is 2. The number of hydrogen-bond acceptors (Lipinski definition) is 2. The van der Waals surface area contributed by atoms with Crippen LogP contribution in [-0.2, 0) is 9.59 Å². The van der Waals surface area contributed by atoms with Crippen LogP contribution < -0.4 is 0 Å². The molecule has 84 valence electrons. The Kier molecular flexibility index (Phi) is 2.88. The molecule has 0 aromatic carbocycles.